The molecule has 5 rings (SSSR count). The lowest BCUT2D eigenvalue weighted by molar-refractivity contribution is 0.661. The Labute approximate surface area is 163 Å². The van der Waals surface area contributed by atoms with Gasteiger partial charge >= 0.3 is 0 Å². The average molecular weight is 378 g/mol. The maximum Gasteiger partial charge on any atom is 0.166 e. The Kier molecular flexibility index (Phi) is 3.47. The molecule has 3 aromatic heterocycles. The summed E-state index contributed by atoms with van der Waals surface area (Å²) < 4.78 is 2.24. The molecule has 1 saturated carbocycles. The van der Waals surface area contributed by atoms with Gasteiger partial charge in [0.2, 0.25) is 0 Å². The molecule has 0 unspecified atom stereocenters. The first-order chi connectivity index (χ1) is 12.9. The quantitative estimate of drug-likeness (QED) is 0.655. The van der Waals surface area contributed by atoms with Crippen LogP contribution < -0.4 is 0 Å². The fourth-order valence-electron chi connectivity index (χ4n) is 3.82. The molecule has 0 radical (unpaired) electrons. The van der Waals surface area contributed by atoms with Gasteiger partial charge < -0.3 is 0 Å². The van der Waals surface area contributed by atoms with Crippen LogP contribution in [0, 0.1) is 20.8 Å². The van der Waals surface area contributed by atoms with Crippen LogP contribution in [0.1, 0.15) is 71.5 Å². The second kappa shape index (κ2) is 5.58. The zero-order valence-electron chi connectivity index (χ0n) is 16.4. The molecule has 0 saturated heterocycles. The van der Waals surface area contributed by atoms with E-state index in [0.29, 0.717) is 5.92 Å². The molecule has 0 aromatic carbocycles. The Hall–Kier alpha value is -2.34. The van der Waals surface area contributed by atoms with Crippen LogP contribution in [0.15, 0.2) is 23.3 Å². The smallest absolute Gasteiger partial charge is 0.166 e. The van der Waals surface area contributed by atoms with Crippen molar-refractivity contribution in [3.05, 3.63) is 57.2 Å². The van der Waals surface area contributed by atoms with E-state index in [-0.39, 0.29) is 5.54 Å². The van der Waals surface area contributed by atoms with Gasteiger partial charge in [-0.1, -0.05) is 13.8 Å². The number of aryl methyl sites for hydroxylation is 2. The summed E-state index contributed by atoms with van der Waals surface area (Å²) in [5, 5.41) is 10.1. The molecule has 3 aromatic rings. The first kappa shape index (κ1) is 16.8. The maximum absolute atomic E-state index is 5.29. The van der Waals surface area contributed by atoms with Gasteiger partial charge in [-0.15, -0.1) is 21.5 Å². The monoisotopic (exact) mass is 377 g/mol. The fraction of sp³-hybridized carbons (Fsp3) is 0.429. The first-order valence-electron chi connectivity index (χ1n) is 9.51. The van der Waals surface area contributed by atoms with Gasteiger partial charge in [-0.3, -0.25) is 14.5 Å². The molecule has 1 spiro atoms. The van der Waals surface area contributed by atoms with Crippen molar-refractivity contribution in [3.8, 4) is 5.00 Å². The molecule has 6 heteroatoms. The number of hydrogen-bond donors (Lipinski definition) is 0. The zero-order chi connectivity index (χ0) is 18.9. The van der Waals surface area contributed by atoms with E-state index < -0.39 is 0 Å². The van der Waals surface area contributed by atoms with Crippen molar-refractivity contribution < 1.29 is 0 Å². The SMILES string of the molecule is Cc1sc2c(c1C)C(c1ccc(C(C)C)nc1)=NC1(CC1)c1nnc(C)n1-2. The van der Waals surface area contributed by atoms with Gasteiger partial charge in [0, 0.05) is 27.9 Å². The number of aliphatic imine (C=N–C) groups is 1. The number of hydrogen-bond acceptors (Lipinski definition) is 5. The molecule has 2 aliphatic rings. The van der Waals surface area contributed by atoms with Crippen LogP contribution in [0.5, 0.6) is 0 Å². The highest BCUT2D eigenvalue weighted by Gasteiger charge is 2.51. The van der Waals surface area contributed by atoms with E-state index in [1.165, 1.54) is 21.0 Å². The van der Waals surface area contributed by atoms with E-state index in [1.807, 2.05) is 24.5 Å². The summed E-state index contributed by atoms with van der Waals surface area (Å²) in [5.74, 6) is 2.34. The average Bonchev–Trinajstić information content (AvgIpc) is 3.27. The van der Waals surface area contributed by atoms with Crippen LogP contribution in [0.2, 0.25) is 0 Å². The van der Waals surface area contributed by atoms with Gasteiger partial charge in [0.15, 0.2) is 5.82 Å². The van der Waals surface area contributed by atoms with Crippen molar-refractivity contribution in [2.24, 2.45) is 4.99 Å². The number of rotatable bonds is 2. The first-order valence-corrected chi connectivity index (χ1v) is 10.3. The molecule has 1 aliphatic heterocycles. The van der Waals surface area contributed by atoms with Crippen LogP contribution in [0.25, 0.3) is 5.00 Å². The topological polar surface area (TPSA) is 56.0 Å². The summed E-state index contributed by atoms with van der Waals surface area (Å²) >= 11 is 1.81. The predicted octanol–water partition coefficient (Wildman–Crippen LogP) is 4.61. The van der Waals surface area contributed by atoms with Gasteiger partial charge in [-0.25, -0.2) is 0 Å². The Balaban J connectivity index is 1.78. The minimum atomic E-state index is -0.230. The second-order valence-electron chi connectivity index (χ2n) is 7.99. The van der Waals surface area contributed by atoms with Crippen LogP contribution in [0.3, 0.4) is 0 Å². The summed E-state index contributed by atoms with van der Waals surface area (Å²) in [5.41, 5.74) is 5.52. The third kappa shape index (κ3) is 2.35. The van der Waals surface area contributed by atoms with Gasteiger partial charge in [0.25, 0.3) is 0 Å². The van der Waals surface area contributed by atoms with Crippen molar-refractivity contribution in [1.29, 1.82) is 0 Å². The minimum Gasteiger partial charge on any atom is -0.271 e. The van der Waals surface area contributed by atoms with Crippen LogP contribution >= 0.6 is 11.3 Å². The van der Waals surface area contributed by atoms with E-state index >= 15 is 0 Å². The van der Waals surface area contributed by atoms with Crippen molar-refractivity contribution in [1.82, 2.24) is 19.7 Å². The van der Waals surface area contributed by atoms with E-state index in [0.717, 1.165) is 41.5 Å². The standard InChI is InChI=1S/C21H23N5S/c1-11(2)16-7-6-15(10-22-16)18-17-12(3)13(4)27-19(17)26-14(5)24-25-20(26)21(23-18)8-9-21/h6-7,10-11H,8-9H2,1-5H3. The molecule has 0 amide bonds. The molecule has 1 fully saturated rings. The molecule has 0 bridgehead atoms. The summed E-state index contributed by atoms with van der Waals surface area (Å²) in [6.07, 6.45) is 4.04. The Morgan fingerprint density at radius 3 is 2.52 bits per heavy atom. The Morgan fingerprint density at radius 1 is 1.11 bits per heavy atom. The summed E-state index contributed by atoms with van der Waals surface area (Å²) in [7, 11) is 0. The lowest BCUT2D eigenvalue weighted by Crippen LogP contribution is -2.12. The molecule has 5 nitrogen and oxygen atoms in total. The van der Waals surface area contributed by atoms with E-state index in [2.05, 4.69) is 54.6 Å². The third-order valence-corrected chi connectivity index (χ3v) is 6.94. The lowest BCUT2D eigenvalue weighted by Gasteiger charge is -2.11. The lowest BCUT2D eigenvalue weighted by atomic mass is 10.00. The summed E-state index contributed by atoms with van der Waals surface area (Å²) in [6, 6.07) is 4.30. The molecule has 0 atom stereocenters. The van der Waals surface area contributed by atoms with Crippen LogP contribution in [-0.2, 0) is 5.54 Å². The van der Waals surface area contributed by atoms with Gasteiger partial charge in [0.1, 0.15) is 16.4 Å². The Bertz CT molecular complexity index is 1080. The molecular formula is C21H23N5S. The van der Waals surface area contributed by atoms with E-state index in [1.54, 1.807) is 0 Å². The molecule has 1 aliphatic carbocycles. The number of aromatic nitrogens is 4. The summed E-state index contributed by atoms with van der Waals surface area (Å²) in [6.45, 7) is 10.7. The Morgan fingerprint density at radius 2 is 1.89 bits per heavy atom. The second-order valence-corrected chi connectivity index (χ2v) is 9.19. The highest BCUT2D eigenvalue weighted by Crippen LogP contribution is 2.52. The normalized spacial score (nSPS) is 16.9. The zero-order valence-corrected chi connectivity index (χ0v) is 17.2. The number of nitrogens with zero attached hydrogens (tertiary/aromatic N) is 5. The predicted molar refractivity (Wildman–Crippen MR) is 108 cm³/mol. The van der Waals surface area contributed by atoms with E-state index in [4.69, 9.17) is 9.98 Å². The molecular weight excluding hydrogens is 354 g/mol. The highest BCUT2D eigenvalue weighted by atomic mass is 32.1. The van der Waals surface area contributed by atoms with Crippen molar-refractivity contribution in [2.75, 3.05) is 0 Å². The number of fused-ring (bicyclic) bond motifs is 4. The van der Waals surface area contributed by atoms with Crippen molar-refractivity contribution in [3.63, 3.8) is 0 Å². The molecule has 27 heavy (non-hydrogen) atoms. The fourth-order valence-corrected chi connectivity index (χ4v) is 5.03. The van der Waals surface area contributed by atoms with Gasteiger partial charge in [-0.05, 0) is 57.2 Å². The van der Waals surface area contributed by atoms with Crippen molar-refractivity contribution >= 4 is 17.0 Å². The summed E-state index contributed by atoms with van der Waals surface area (Å²) in [4.78, 5) is 11.3. The molecule has 138 valence electrons. The van der Waals surface area contributed by atoms with Gasteiger partial charge in [0.05, 0.1) is 5.71 Å². The van der Waals surface area contributed by atoms with E-state index in [9.17, 15) is 0 Å². The minimum absolute atomic E-state index is 0.230. The largest absolute Gasteiger partial charge is 0.271 e. The third-order valence-electron chi connectivity index (χ3n) is 5.75. The molecule has 4 heterocycles. The molecule has 0 N–H and O–H groups in total. The van der Waals surface area contributed by atoms with Gasteiger partial charge in [-0.2, -0.15) is 0 Å². The number of pyridine rings is 1. The van der Waals surface area contributed by atoms with Crippen LogP contribution in [-0.4, -0.2) is 25.5 Å². The highest BCUT2D eigenvalue weighted by molar-refractivity contribution is 7.15. The maximum atomic E-state index is 5.29. The van der Waals surface area contributed by atoms with Crippen LogP contribution in [0.4, 0.5) is 0 Å². The van der Waals surface area contributed by atoms with Crippen molar-refractivity contribution in [2.45, 2.75) is 58.9 Å². The number of thiophene rings is 1.